The van der Waals surface area contributed by atoms with Crippen LogP contribution < -0.4 is 11.3 Å². The molecule has 3 unspecified atom stereocenters. The molecular weight excluding hydrogens is 224 g/mol. The van der Waals surface area contributed by atoms with Gasteiger partial charge in [0.1, 0.15) is 5.82 Å². The SMILES string of the molecule is CC1CC(C)C(C)N(Cc2cccc(NN)n2)C1. The van der Waals surface area contributed by atoms with Crippen LogP contribution in [0.15, 0.2) is 18.2 Å². The third kappa shape index (κ3) is 3.00. The van der Waals surface area contributed by atoms with Crippen molar-refractivity contribution in [1.82, 2.24) is 9.88 Å². The van der Waals surface area contributed by atoms with E-state index in [0.29, 0.717) is 6.04 Å². The number of pyridine rings is 1. The van der Waals surface area contributed by atoms with Gasteiger partial charge < -0.3 is 5.43 Å². The molecule has 0 radical (unpaired) electrons. The van der Waals surface area contributed by atoms with Crippen molar-refractivity contribution in [1.29, 1.82) is 0 Å². The van der Waals surface area contributed by atoms with E-state index in [9.17, 15) is 0 Å². The van der Waals surface area contributed by atoms with Crippen LogP contribution in [0.5, 0.6) is 0 Å². The molecule has 18 heavy (non-hydrogen) atoms. The van der Waals surface area contributed by atoms with Crippen LogP contribution >= 0.6 is 0 Å². The molecule has 0 spiro atoms. The fourth-order valence-corrected chi connectivity index (χ4v) is 2.90. The van der Waals surface area contributed by atoms with Crippen molar-refractivity contribution in [3.05, 3.63) is 23.9 Å². The smallest absolute Gasteiger partial charge is 0.140 e. The van der Waals surface area contributed by atoms with Gasteiger partial charge in [-0.3, -0.25) is 4.90 Å². The molecule has 100 valence electrons. The van der Waals surface area contributed by atoms with Crippen molar-refractivity contribution in [3.8, 4) is 0 Å². The van der Waals surface area contributed by atoms with Crippen molar-refractivity contribution in [2.24, 2.45) is 17.7 Å². The molecule has 0 amide bonds. The van der Waals surface area contributed by atoms with E-state index >= 15 is 0 Å². The number of rotatable bonds is 3. The highest BCUT2D eigenvalue weighted by molar-refractivity contribution is 5.33. The fraction of sp³-hybridized carbons (Fsp3) is 0.643. The Bertz CT molecular complexity index is 393. The monoisotopic (exact) mass is 248 g/mol. The minimum atomic E-state index is 0.623. The predicted molar refractivity (Wildman–Crippen MR) is 74.9 cm³/mol. The Balaban J connectivity index is 2.07. The maximum atomic E-state index is 5.40. The second-order valence-electron chi connectivity index (χ2n) is 5.65. The minimum absolute atomic E-state index is 0.623. The lowest BCUT2D eigenvalue weighted by atomic mass is 9.86. The zero-order valence-corrected chi connectivity index (χ0v) is 11.6. The summed E-state index contributed by atoms with van der Waals surface area (Å²) in [6, 6.07) is 6.57. The highest BCUT2D eigenvalue weighted by atomic mass is 15.3. The molecule has 1 aliphatic heterocycles. The number of nitrogens with two attached hydrogens (primary N) is 1. The second kappa shape index (κ2) is 5.67. The molecule has 1 fully saturated rings. The highest BCUT2D eigenvalue weighted by Crippen LogP contribution is 2.27. The third-order valence-corrected chi connectivity index (χ3v) is 4.04. The van der Waals surface area contributed by atoms with Gasteiger partial charge in [-0.25, -0.2) is 10.8 Å². The number of hydrogen-bond acceptors (Lipinski definition) is 4. The Morgan fingerprint density at radius 3 is 2.89 bits per heavy atom. The summed E-state index contributed by atoms with van der Waals surface area (Å²) in [5.41, 5.74) is 3.69. The van der Waals surface area contributed by atoms with Gasteiger partial charge in [-0.05, 0) is 37.3 Å². The lowest BCUT2D eigenvalue weighted by molar-refractivity contribution is 0.0719. The van der Waals surface area contributed by atoms with E-state index in [1.807, 2.05) is 12.1 Å². The first kappa shape index (κ1) is 13.3. The molecule has 1 saturated heterocycles. The van der Waals surface area contributed by atoms with Gasteiger partial charge in [0.2, 0.25) is 0 Å². The van der Waals surface area contributed by atoms with Crippen LogP contribution in [0.4, 0.5) is 5.82 Å². The van der Waals surface area contributed by atoms with Crippen LogP contribution in [0.25, 0.3) is 0 Å². The molecule has 0 saturated carbocycles. The van der Waals surface area contributed by atoms with Crippen LogP contribution in [0, 0.1) is 11.8 Å². The number of nitrogens with zero attached hydrogens (tertiary/aromatic N) is 2. The van der Waals surface area contributed by atoms with E-state index in [1.165, 1.54) is 6.42 Å². The van der Waals surface area contributed by atoms with Crippen LogP contribution in [0.2, 0.25) is 0 Å². The van der Waals surface area contributed by atoms with Gasteiger partial charge in [0, 0.05) is 19.1 Å². The van der Waals surface area contributed by atoms with Gasteiger partial charge in [-0.15, -0.1) is 0 Å². The minimum Gasteiger partial charge on any atom is -0.308 e. The average molecular weight is 248 g/mol. The van der Waals surface area contributed by atoms with E-state index < -0.39 is 0 Å². The van der Waals surface area contributed by atoms with E-state index in [0.717, 1.165) is 36.4 Å². The molecule has 4 heteroatoms. The van der Waals surface area contributed by atoms with Gasteiger partial charge in [0.25, 0.3) is 0 Å². The summed E-state index contributed by atoms with van der Waals surface area (Å²) in [5.74, 6) is 7.66. The highest BCUT2D eigenvalue weighted by Gasteiger charge is 2.28. The largest absolute Gasteiger partial charge is 0.308 e. The summed E-state index contributed by atoms with van der Waals surface area (Å²) >= 11 is 0. The Morgan fingerprint density at radius 1 is 1.39 bits per heavy atom. The van der Waals surface area contributed by atoms with Crippen LogP contribution in [0.3, 0.4) is 0 Å². The van der Waals surface area contributed by atoms with Gasteiger partial charge in [0.15, 0.2) is 0 Å². The second-order valence-corrected chi connectivity index (χ2v) is 5.65. The Labute approximate surface area is 110 Å². The van der Waals surface area contributed by atoms with Crippen molar-refractivity contribution in [3.63, 3.8) is 0 Å². The van der Waals surface area contributed by atoms with Crippen molar-refractivity contribution < 1.29 is 0 Å². The maximum absolute atomic E-state index is 5.40. The van der Waals surface area contributed by atoms with Crippen molar-refractivity contribution in [2.75, 3.05) is 12.0 Å². The Hall–Kier alpha value is -1.13. The number of nitrogens with one attached hydrogen (secondary N) is 1. The Kier molecular flexibility index (Phi) is 4.19. The van der Waals surface area contributed by atoms with E-state index in [1.54, 1.807) is 0 Å². The lowest BCUT2D eigenvalue weighted by Crippen LogP contribution is -2.45. The summed E-state index contributed by atoms with van der Waals surface area (Å²) in [6.45, 7) is 9.07. The summed E-state index contributed by atoms with van der Waals surface area (Å²) in [5, 5.41) is 0. The summed E-state index contributed by atoms with van der Waals surface area (Å²) < 4.78 is 0. The molecule has 2 heterocycles. The molecule has 1 aromatic heterocycles. The molecule has 0 aliphatic carbocycles. The number of nitrogen functional groups attached to an aromatic ring is 1. The molecule has 1 aliphatic rings. The van der Waals surface area contributed by atoms with Crippen molar-refractivity contribution >= 4 is 5.82 Å². The predicted octanol–water partition coefficient (Wildman–Crippen LogP) is 2.23. The molecule has 2 rings (SSSR count). The number of likely N-dealkylation sites (tertiary alicyclic amines) is 1. The molecule has 3 N–H and O–H groups in total. The standard InChI is InChI=1S/C14H24N4/c1-10-7-11(2)12(3)18(8-10)9-13-5-4-6-14(16-13)17-15/h4-6,10-12H,7-9,15H2,1-3H3,(H,16,17). The summed E-state index contributed by atoms with van der Waals surface area (Å²) in [4.78, 5) is 7.02. The number of anilines is 1. The third-order valence-electron chi connectivity index (χ3n) is 4.04. The molecule has 1 aromatic rings. The summed E-state index contributed by atoms with van der Waals surface area (Å²) in [7, 11) is 0. The first-order valence-electron chi connectivity index (χ1n) is 6.76. The van der Waals surface area contributed by atoms with Gasteiger partial charge in [-0.2, -0.15) is 0 Å². The lowest BCUT2D eigenvalue weighted by Gasteiger charge is -2.40. The van der Waals surface area contributed by atoms with E-state index in [4.69, 9.17) is 5.84 Å². The van der Waals surface area contributed by atoms with Crippen LogP contribution in [-0.2, 0) is 6.54 Å². The van der Waals surface area contributed by atoms with E-state index in [2.05, 4.69) is 42.1 Å². The van der Waals surface area contributed by atoms with Crippen LogP contribution in [0.1, 0.15) is 32.9 Å². The number of hydrogen-bond donors (Lipinski definition) is 2. The quantitative estimate of drug-likeness (QED) is 0.636. The molecule has 0 bridgehead atoms. The van der Waals surface area contributed by atoms with Gasteiger partial charge in [0.05, 0.1) is 5.69 Å². The summed E-state index contributed by atoms with van der Waals surface area (Å²) in [6.07, 6.45) is 1.33. The normalized spacial score (nSPS) is 29.2. The molecule has 4 nitrogen and oxygen atoms in total. The fourth-order valence-electron chi connectivity index (χ4n) is 2.90. The van der Waals surface area contributed by atoms with Crippen molar-refractivity contribution in [2.45, 2.75) is 39.8 Å². The van der Waals surface area contributed by atoms with Gasteiger partial charge in [-0.1, -0.05) is 19.9 Å². The maximum Gasteiger partial charge on any atom is 0.140 e. The zero-order chi connectivity index (χ0) is 13.1. The molecule has 3 atom stereocenters. The molecule has 0 aromatic carbocycles. The zero-order valence-electron chi connectivity index (χ0n) is 11.6. The van der Waals surface area contributed by atoms with E-state index in [-0.39, 0.29) is 0 Å². The number of piperidine rings is 1. The Morgan fingerprint density at radius 2 is 2.17 bits per heavy atom. The average Bonchev–Trinajstić information content (AvgIpc) is 2.35. The first-order valence-corrected chi connectivity index (χ1v) is 6.76. The molecular formula is C14H24N4. The number of aromatic nitrogens is 1. The van der Waals surface area contributed by atoms with Crippen LogP contribution in [-0.4, -0.2) is 22.5 Å². The first-order chi connectivity index (χ1) is 8.60. The topological polar surface area (TPSA) is 54.2 Å². The van der Waals surface area contributed by atoms with Gasteiger partial charge >= 0.3 is 0 Å². The number of hydrazine groups is 1.